The summed E-state index contributed by atoms with van der Waals surface area (Å²) in [5.74, 6) is 0.0159. The number of nitrogens with zero attached hydrogens (tertiary/aromatic N) is 3. The van der Waals surface area contributed by atoms with E-state index in [4.69, 9.17) is 0 Å². The van der Waals surface area contributed by atoms with Crippen LogP contribution in [-0.2, 0) is 19.5 Å². The van der Waals surface area contributed by atoms with Gasteiger partial charge in [0, 0.05) is 50.4 Å². The summed E-state index contributed by atoms with van der Waals surface area (Å²) in [5.41, 5.74) is 3.84. The SMILES string of the molecule is CCN(CC)CCN(Cc1ccccc1)C(=O)c1n[nH]c2c1CNCC2. The lowest BCUT2D eigenvalue weighted by atomic mass is 10.1. The minimum absolute atomic E-state index is 0.0159. The molecule has 0 aliphatic carbocycles. The molecule has 0 spiro atoms. The Morgan fingerprint density at radius 1 is 1.15 bits per heavy atom. The number of likely N-dealkylation sites (N-methyl/N-ethyl adjacent to an activating group) is 1. The minimum Gasteiger partial charge on any atom is -0.332 e. The first-order valence-corrected chi connectivity index (χ1v) is 9.55. The number of aromatic amines is 1. The Morgan fingerprint density at radius 2 is 1.92 bits per heavy atom. The highest BCUT2D eigenvalue weighted by atomic mass is 16.2. The molecule has 0 radical (unpaired) electrons. The first-order chi connectivity index (χ1) is 12.7. The average Bonchev–Trinajstić information content (AvgIpc) is 3.12. The first-order valence-electron chi connectivity index (χ1n) is 9.55. The number of fused-ring (bicyclic) bond motifs is 1. The molecule has 26 heavy (non-hydrogen) atoms. The third kappa shape index (κ3) is 4.31. The average molecular weight is 355 g/mol. The van der Waals surface area contributed by atoms with Crippen molar-refractivity contribution in [2.24, 2.45) is 0 Å². The van der Waals surface area contributed by atoms with E-state index in [9.17, 15) is 4.79 Å². The van der Waals surface area contributed by atoms with Gasteiger partial charge in [0.2, 0.25) is 0 Å². The van der Waals surface area contributed by atoms with Crippen molar-refractivity contribution in [3.63, 3.8) is 0 Å². The number of rotatable bonds is 8. The third-order valence-corrected chi connectivity index (χ3v) is 5.09. The molecule has 2 aromatic rings. The van der Waals surface area contributed by atoms with Gasteiger partial charge in [-0.1, -0.05) is 44.2 Å². The van der Waals surface area contributed by atoms with Crippen molar-refractivity contribution in [2.45, 2.75) is 33.4 Å². The molecule has 140 valence electrons. The van der Waals surface area contributed by atoms with Gasteiger partial charge in [0.15, 0.2) is 5.69 Å². The molecule has 1 aliphatic heterocycles. The Bertz CT molecular complexity index is 708. The number of carbonyl (C=O) groups is 1. The van der Waals surface area contributed by atoms with Crippen LogP contribution in [0.5, 0.6) is 0 Å². The summed E-state index contributed by atoms with van der Waals surface area (Å²) in [7, 11) is 0. The van der Waals surface area contributed by atoms with Gasteiger partial charge in [-0.05, 0) is 18.7 Å². The highest BCUT2D eigenvalue weighted by molar-refractivity contribution is 5.94. The molecule has 6 nitrogen and oxygen atoms in total. The molecular formula is C20H29N5O. The topological polar surface area (TPSA) is 64.3 Å². The maximum atomic E-state index is 13.3. The lowest BCUT2D eigenvalue weighted by Gasteiger charge is -2.26. The zero-order valence-electron chi connectivity index (χ0n) is 15.8. The molecule has 0 unspecified atom stereocenters. The smallest absolute Gasteiger partial charge is 0.275 e. The van der Waals surface area contributed by atoms with Crippen molar-refractivity contribution in [2.75, 3.05) is 32.7 Å². The number of nitrogens with one attached hydrogen (secondary N) is 2. The fourth-order valence-corrected chi connectivity index (χ4v) is 3.41. The highest BCUT2D eigenvalue weighted by Gasteiger charge is 2.25. The summed E-state index contributed by atoms with van der Waals surface area (Å²) in [6.07, 6.45) is 0.897. The number of H-pyrrole nitrogens is 1. The molecular weight excluding hydrogens is 326 g/mol. The van der Waals surface area contributed by atoms with Crippen molar-refractivity contribution in [3.8, 4) is 0 Å². The molecule has 2 heterocycles. The van der Waals surface area contributed by atoms with Crippen LogP contribution >= 0.6 is 0 Å². The van der Waals surface area contributed by atoms with Crippen molar-refractivity contribution in [3.05, 3.63) is 52.8 Å². The molecule has 3 rings (SSSR count). The lowest BCUT2D eigenvalue weighted by molar-refractivity contribution is 0.0716. The van der Waals surface area contributed by atoms with Crippen molar-refractivity contribution < 1.29 is 4.79 Å². The van der Waals surface area contributed by atoms with E-state index < -0.39 is 0 Å². The van der Waals surface area contributed by atoms with Gasteiger partial charge < -0.3 is 15.1 Å². The molecule has 1 aromatic heterocycles. The molecule has 1 aliphatic rings. The van der Waals surface area contributed by atoms with Gasteiger partial charge in [-0.25, -0.2) is 0 Å². The van der Waals surface area contributed by atoms with Crippen LogP contribution in [0.1, 0.15) is 41.2 Å². The van der Waals surface area contributed by atoms with E-state index in [1.807, 2.05) is 23.1 Å². The second-order valence-corrected chi connectivity index (χ2v) is 6.70. The van der Waals surface area contributed by atoms with E-state index in [1.54, 1.807) is 0 Å². The van der Waals surface area contributed by atoms with Gasteiger partial charge in [0.1, 0.15) is 0 Å². The quantitative estimate of drug-likeness (QED) is 0.761. The fraction of sp³-hybridized carbons (Fsp3) is 0.500. The molecule has 6 heteroatoms. The van der Waals surface area contributed by atoms with Crippen LogP contribution in [0.2, 0.25) is 0 Å². The maximum absolute atomic E-state index is 13.3. The summed E-state index contributed by atoms with van der Waals surface area (Å²) in [5, 5.41) is 10.8. The summed E-state index contributed by atoms with van der Waals surface area (Å²) < 4.78 is 0. The molecule has 0 saturated heterocycles. The molecule has 2 N–H and O–H groups in total. The summed E-state index contributed by atoms with van der Waals surface area (Å²) in [4.78, 5) is 17.5. The molecule has 0 atom stereocenters. The summed E-state index contributed by atoms with van der Waals surface area (Å²) in [6, 6.07) is 10.2. The zero-order valence-corrected chi connectivity index (χ0v) is 15.8. The molecule has 0 fully saturated rings. The Hall–Kier alpha value is -2.18. The van der Waals surface area contributed by atoms with Crippen molar-refractivity contribution >= 4 is 5.91 Å². The van der Waals surface area contributed by atoms with Gasteiger partial charge in [-0.3, -0.25) is 9.89 Å². The van der Waals surface area contributed by atoms with E-state index in [-0.39, 0.29) is 5.91 Å². The number of hydrogen-bond donors (Lipinski definition) is 2. The molecule has 1 amide bonds. The predicted octanol–water partition coefficient (Wildman–Crippen LogP) is 2.04. The van der Waals surface area contributed by atoms with Gasteiger partial charge >= 0.3 is 0 Å². The van der Waals surface area contributed by atoms with Crippen LogP contribution < -0.4 is 5.32 Å². The van der Waals surface area contributed by atoms with Crippen LogP contribution in [0, 0.1) is 0 Å². The van der Waals surface area contributed by atoms with Crippen LogP contribution in [0.3, 0.4) is 0 Å². The van der Waals surface area contributed by atoms with Gasteiger partial charge in [-0.15, -0.1) is 0 Å². The van der Waals surface area contributed by atoms with E-state index in [0.717, 1.165) is 49.4 Å². The predicted molar refractivity (Wildman–Crippen MR) is 103 cm³/mol. The van der Waals surface area contributed by atoms with Gasteiger partial charge in [0.25, 0.3) is 5.91 Å². The van der Waals surface area contributed by atoms with Crippen LogP contribution in [0.15, 0.2) is 30.3 Å². The van der Waals surface area contributed by atoms with E-state index in [1.165, 1.54) is 0 Å². The second kappa shape index (κ2) is 8.96. The van der Waals surface area contributed by atoms with Gasteiger partial charge in [0.05, 0.1) is 0 Å². The number of aromatic nitrogens is 2. The van der Waals surface area contributed by atoms with Crippen LogP contribution in [0.4, 0.5) is 0 Å². The fourth-order valence-electron chi connectivity index (χ4n) is 3.41. The standard InChI is InChI=1S/C20H29N5O/c1-3-24(4-2)12-13-25(15-16-8-6-5-7-9-16)20(26)19-17-14-21-11-10-18(17)22-23-19/h5-9,21H,3-4,10-15H2,1-2H3,(H,22,23). The number of amides is 1. The summed E-state index contributed by atoms with van der Waals surface area (Å²) >= 11 is 0. The monoisotopic (exact) mass is 355 g/mol. The normalized spacial score (nSPS) is 13.7. The summed E-state index contributed by atoms with van der Waals surface area (Å²) in [6.45, 7) is 10.1. The Morgan fingerprint density at radius 3 is 2.65 bits per heavy atom. The van der Waals surface area contributed by atoms with Crippen molar-refractivity contribution in [1.82, 2.24) is 25.3 Å². The van der Waals surface area contributed by atoms with E-state index in [0.29, 0.717) is 25.3 Å². The molecule has 0 bridgehead atoms. The largest absolute Gasteiger partial charge is 0.332 e. The number of carbonyl (C=O) groups excluding carboxylic acids is 1. The zero-order chi connectivity index (χ0) is 18.4. The first kappa shape index (κ1) is 18.6. The van der Waals surface area contributed by atoms with E-state index in [2.05, 4.69) is 46.4 Å². The van der Waals surface area contributed by atoms with E-state index >= 15 is 0 Å². The van der Waals surface area contributed by atoms with Crippen molar-refractivity contribution in [1.29, 1.82) is 0 Å². The second-order valence-electron chi connectivity index (χ2n) is 6.70. The third-order valence-electron chi connectivity index (χ3n) is 5.09. The Labute approximate surface area is 155 Å². The minimum atomic E-state index is 0.0159. The maximum Gasteiger partial charge on any atom is 0.275 e. The highest BCUT2D eigenvalue weighted by Crippen LogP contribution is 2.18. The molecule has 0 saturated carbocycles. The number of hydrogen-bond acceptors (Lipinski definition) is 4. The van der Waals surface area contributed by atoms with Crippen LogP contribution in [0.25, 0.3) is 0 Å². The number of benzene rings is 1. The lowest BCUT2D eigenvalue weighted by Crippen LogP contribution is -2.39. The molecule has 1 aromatic carbocycles. The van der Waals surface area contributed by atoms with Crippen LogP contribution in [-0.4, -0.2) is 58.6 Å². The Balaban J connectivity index is 1.79. The Kier molecular flexibility index (Phi) is 6.41. The van der Waals surface area contributed by atoms with Gasteiger partial charge in [-0.2, -0.15) is 5.10 Å².